The molecule has 0 atom stereocenters. The van der Waals surface area contributed by atoms with Crippen LogP contribution in [-0.2, 0) is 0 Å². The Bertz CT molecular complexity index is 309. The average molecular weight is 193 g/mol. The first-order valence-corrected chi connectivity index (χ1v) is 5.06. The molecule has 0 radical (unpaired) electrons. The van der Waals surface area contributed by atoms with Crippen molar-refractivity contribution in [3.8, 4) is 0 Å². The third-order valence-electron chi connectivity index (χ3n) is 3.10. The number of imidazole rings is 1. The first kappa shape index (κ1) is 9.24. The number of amides is 1. The highest BCUT2D eigenvalue weighted by atomic mass is 16.2. The highest BCUT2D eigenvalue weighted by Gasteiger charge is 2.36. The van der Waals surface area contributed by atoms with Crippen LogP contribution in [0.4, 0.5) is 4.79 Å². The molecule has 1 fully saturated rings. The summed E-state index contributed by atoms with van der Waals surface area (Å²) in [7, 11) is 0. The molecule has 76 valence electrons. The van der Waals surface area contributed by atoms with Crippen molar-refractivity contribution in [3.05, 3.63) is 18.7 Å². The van der Waals surface area contributed by atoms with E-state index in [1.807, 2.05) is 0 Å². The average Bonchev–Trinajstić information content (AvgIpc) is 2.63. The minimum Gasteiger partial charge on any atom is -0.332 e. The van der Waals surface area contributed by atoms with Crippen molar-refractivity contribution in [1.29, 1.82) is 0 Å². The molecule has 0 unspecified atom stereocenters. The Morgan fingerprint density at radius 3 is 2.86 bits per heavy atom. The van der Waals surface area contributed by atoms with Crippen molar-refractivity contribution < 1.29 is 4.79 Å². The van der Waals surface area contributed by atoms with Gasteiger partial charge in [-0.15, -0.1) is 0 Å². The fourth-order valence-corrected chi connectivity index (χ4v) is 1.84. The number of carbonyl (C=O) groups is 1. The highest BCUT2D eigenvalue weighted by Crippen LogP contribution is 2.34. The molecule has 0 spiro atoms. The van der Waals surface area contributed by atoms with Gasteiger partial charge in [0.05, 0.1) is 0 Å². The summed E-state index contributed by atoms with van der Waals surface area (Å²) in [5, 5.41) is 3.07. The Morgan fingerprint density at radius 2 is 2.43 bits per heavy atom. The summed E-state index contributed by atoms with van der Waals surface area (Å²) in [5.74, 6) is 0. The third-order valence-corrected chi connectivity index (χ3v) is 3.10. The Hall–Kier alpha value is -1.32. The number of carbonyl (C=O) groups excluding carboxylic acids is 1. The van der Waals surface area contributed by atoms with E-state index < -0.39 is 0 Å². The standard InChI is InChI=1S/C10H15N3O/c1-2-10(4-3-5-10)12-9(14)13-7-6-11-8-13/h6-8H,2-5H2,1H3,(H,12,14). The summed E-state index contributed by atoms with van der Waals surface area (Å²) < 4.78 is 1.48. The second-order valence-corrected chi connectivity index (χ2v) is 3.89. The summed E-state index contributed by atoms with van der Waals surface area (Å²) in [5.41, 5.74) is 0.0569. The minimum atomic E-state index is -0.0657. The Balaban J connectivity index is 2.01. The molecule has 1 aliphatic carbocycles. The zero-order valence-corrected chi connectivity index (χ0v) is 8.36. The second kappa shape index (κ2) is 3.44. The van der Waals surface area contributed by atoms with Crippen molar-refractivity contribution in [1.82, 2.24) is 14.9 Å². The zero-order valence-electron chi connectivity index (χ0n) is 8.36. The van der Waals surface area contributed by atoms with Crippen LogP contribution in [0.3, 0.4) is 0 Å². The van der Waals surface area contributed by atoms with Crippen molar-refractivity contribution >= 4 is 6.03 Å². The largest absolute Gasteiger partial charge is 0.332 e. The van der Waals surface area contributed by atoms with Gasteiger partial charge in [0, 0.05) is 17.9 Å². The van der Waals surface area contributed by atoms with Gasteiger partial charge in [-0.3, -0.25) is 4.57 Å². The van der Waals surface area contributed by atoms with Gasteiger partial charge < -0.3 is 5.32 Å². The molecule has 0 bridgehead atoms. The maximum absolute atomic E-state index is 11.7. The van der Waals surface area contributed by atoms with Gasteiger partial charge in [-0.1, -0.05) is 6.92 Å². The highest BCUT2D eigenvalue weighted by molar-refractivity contribution is 5.77. The summed E-state index contributed by atoms with van der Waals surface area (Å²) in [4.78, 5) is 15.5. The van der Waals surface area contributed by atoms with Crippen LogP contribution < -0.4 is 5.32 Å². The van der Waals surface area contributed by atoms with Crippen LogP contribution in [0.25, 0.3) is 0 Å². The van der Waals surface area contributed by atoms with E-state index in [4.69, 9.17) is 0 Å². The van der Waals surface area contributed by atoms with E-state index in [1.165, 1.54) is 17.3 Å². The molecule has 0 saturated heterocycles. The fourth-order valence-electron chi connectivity index (χ4n) is 1.84. The number of nitrogens with one attached hydrogen (secondary N) is 1. The maximum Gasteiger partial charge on any atom is 0.327 e. The maximum atomic E-state index is 11.7. The summed E-state index contributed by atoms with van der Waals surface area (Å²) >= 11 is 0. The van der Waals surface area contributed by atoms with E-state index in [0.717, 1.165) is 19.3 Å². The van der Waals surface area contributed by atoms with Gasteiger partial charge in [-0.25, -0.2) is 9.78 Å². The van der Waals surface area contributed by atoms with E-state index in [9.17, 15) is 4.79 Å². The monoisotopic (exact) mass is 193 g/mol. The molecule has 1 amide bonds. The third kappa shape index (κ3) is 1.52. The first-order valence-electron chi connectivity index (χ1n) is 5.06. The van der Waals surface area contributed by atoms with Crippen LogP contribution in [0.1, 0.15) is 32.6 Å². The zero-order chi connectivity index (χ0) is 10.0. The molecule has 4 heteroatoms. The molecule has 14 heavy (non-hydrogen) atoms. The van der Waals surface area contributed by atoms with Crippen LogP contribution in [0.5, 0.6) is 0 Å². The molecule has 0 aromatic carbocycles. The number of nitrogens with zero attached hydrogens (tertiary/aromatic N) is 2. The molecular weight excluding hydrogens is 178 g/mol. The van der Waals surface area contributed by atoms with Crippen LogP contribution >= 0.6 is 0 Å². The Kier molecular flexibility index (Phi) is 2.27. The van der Waals surface area contributed by atoms with E-state index in [0.29, 0.717) is 0 Å². The summed E-state index contributed by atoms with van der Waals surface area (Å²) in [6.07, 6.45) is 9.23. The number of hydrogen-bond acceptors (Lipinski definition) is 2. The number of aromatic nitrogens is 2. The van der Waals surface area contributed by atoms with Gasteiger partial charge in [-0.2, -0.15) is 0 Å². The molecule has 0 aliphatic heterocycles. The molecule has 2 rings (SSSR count). The smallest absolute Gasteiger partial charge is 0.327 e. The lowest BCUT2D eigenvalue weighted by atomic mass is 9.75. The lowest BCUT2D eigenvalue weighted by Gasteiger charge is -2.41. The molecule has 1 aliphatic rings. The molecule has 1 aromatic heterocycles. The molecule has 1 N–H and O–H groups in total. The predicted molar refractivity (Wildman–Crippen MR) is 53.0 cm³/mol. The van der Waals surface area contributed by atoms with Crippen molar-refractivity contribution in [2.45, 2.75) is 38.1 Å². The van der Waals surface area contributed by atoms with Crippen LogP contribution in [-0.4, -0.2) is 21.1 Å². The van der Waals surface area contributed by atoms with Crippen LogP contribution in [0.15, 0.2) is 18.7 Å². The number of hydrogen-bond donors (Lipinski definition) is 1. The van der Waals surface area contributed by atoms with Gasteiger partial charge in [0.1, 0.15) is 6.33 Å². The molecule has 1 heterocycles. The van der Waals surface area contributed by atoms with Gasteiger partial charge in [0.2, 0.25) is 0 Å². The minimum absolute atomic E-state index is 0.0569. The van der Waals surface area contributed by atoms with Gasteiger partial charge >= 0.3 is 6.03 Å². The Morgan fingerprint density at radius 1 is 1.64 bits per heavy atom. The molecule has 1 aromatic rings. The summed E-state index contributed by atoms with van der Waals surface area (Å²) in [6.45, 7) is 2.12. The molecule has 4 nitrogen and oxygen atoms in total. The SMILES string of the molecule is CCC1(NC(=O)n2ccnc2)CCC1. The van der Waals surface area contributed by atoms with E-state index in [2.05, 4.69) is 17.2 Å². The first-order chi connectivity index (χ1) is 6.76. The normalized spacial score (nSPS) is 18.6. The lowest BCUT2D eigenvalue weighted by molar-refractivity contribution is 0.173. The lowest BCUT2D eigenvalue weighted by Crippen LogP contribution is -2.53. The van der Waals surface area contributed by atoms with E-state index in [-0.39, 0.29) is 11.6 Å². The molecular formula is C10H15N3O. The van der Waals surface area contributed by atoms with Gasteiger partial charge in [0.15, 0.2) is 0 Å². The predicted octanol–water partition coefficient (Wildman–Crippen LogP) is 1.77. The van der Waals surface area contributed by atoms with Crippen LogP contribution in [0.2, 0.25) is 0 Å². The second-order valence-electron chi connectivity index (χ2n) is 3.89. The quantitative estimate of drug-likeness (QED) is 0.778. The molecule has 1 saturated carbocycles. The van der Waals surface area contributed by atoms with E-state index >= 15 is 0 Å². The van der Waals surface area contributed by atoms with Crippen molar-refractivity contribution in [2.75, 3.05) is 0 Å². The summed E-state index contributed by atoms with van der Waals surface area (Å²) in [6, 6.07) is -0.0657. The van der Waals surface area contributed by atoms with Crippen molar-refractivity contribution in [2.24, 2.45) is 0 Å². The fraction of sp³-hybridized carbons (Fsp3) is 0.600. The van der Waals surface area contributed by atoms with Gasteiger partial charge in [-0.05, 0) is 25.7 Å². The van der Waals surface area contributed by atoms with Crippen LogP contribution in [0, 0.1) is 0 Å². The Labute approximate surface area is 83.3 Å². The van der Waals surface area contributed by atoms with E-state index in [1.54, 1.807) is 12.4 Å². The number of rotatable bonds is 2. The topological polar surface area (TPSA) is 46.9 Å². The van der Waals surface area contributed by atoms with Crippen molar-refractivity contribution in [3.63, 3.8) is 0 Å². The van der Waals surface area contributed by atoms with Gasteiger partial charge in [0.25, 0.3) is 0 Å².